The second-order valence-electron chi connectivity index (χ2n) is 6.91. The second kappa shape index (κ2) is 9.44. The molecule has 1 aliphatic heterocycles. The Balaban J connectivity index is 1.82. The van der Waals surface area contributed by atoms with Gasteiger partial charge < -0.3 is 4.57 Å². The molecule has 0 radical (unpaired) electrons. The average molecular weight is 342 g/mol. The molecule has 1 fully saturated rings. The summed E-state index contributed by atoms with van der Waals surface area (Å²) in [6, 6.07) is 4.31. The summed E-state index contributed by atoms with van der Waals surface area (Å²) < 4.78 is 4.38. The maximum absolute atomic E-state index is 5.04. The van der Waals surface area contributed by atoms with E-state index in [9.17, 15) is 0 Å². The number of aryl methyl sites for hydroxylation is 1. The molecule has 0 spiro atoms. The maximum atomic E-state index is 5.04. The van der Waals surface area contributed by atoms with Crippen molar-refractivity contribution in [3.8, 4) is 0 Å². The van der Waals surface area contributed by atoms with Gasteiger partial charge in [0.25, 0.3) is 0 Å². The molecule has 1 aliphatic rings. The van der Waals surface area contributed by atoms with Crippen LogP contribution < -0.4 is 0 Å². The van der Waals surface area contributed by atoms with Crippen LogP contribution in [0.25, 0.3) is 0 Å². The van der Waals surface area contributed by atoms with Gasteiger partial charge in [0, 0.05) is 38.2 Å². The number of hydrazone groups is 1. The first-order valence-corrected chi connectivity index (χ1v) is 9.86. The van der Waals surface area contributed by atoms with Gasteiger partial charge in [0.1, 0.15) is 6.33 Å². The minimum absolute atomic E-state index is 0.986. The quantitative estimate of drug-likeness (QED) is 0.426. The molecule has 5 nitrogen and oxygen atoms in total. The molecule has 0 N–H and O–H groups in total. The second-order valence-corrected chi connectivity index (χ2v) is 6.91. The highest BCUT2D eigenvalue weighted by molar-refractivity contribution is 5.98. The predicted octanol–water partition coefficient (Wildman–Crippen LogP) is 4.35. The minimum atomic E-state index is 0.986. The largest absolute Gasteiger partial charge is 0.345 e. The third kappa shape index (κ3) is 4.97. The maximum Gasteiger partial charge on any atom is 0.181 e. The van der Waals surface area contributed by atoms with Crippen LogP contribution in [-0.2, 0) is 6.54 Å². The highest BCUT2D eigenvalue weighted by Gasteiger charge is 2.14. The molecule has 0 aliphatic carbocycles. The molecule has 0 saturated carbocycles. The van der Waals surface area contributed by atoms with E-state index in [-0.39, 0.29) is 0 Å². The number of nitrogens with zero attached hydrogens (tertiary/aromatic N) is 5. The Morgan fingerprint density at radius 3 is 2.64 bits per heavy atom. The van der Waals surface area contributed by atoms with E-state index < -0.39 is 0 Å². The third-order valence-electron chi connectivity index (χ3n) is 4.88. The molecule has 0 aromatic carbocycles. The van der Waals surface area contributed by atoms with Crippen LogP contribution in [-0.4, -0.2) is 38.1 Å². The van der Waals surface area contributed by atoms with Crippen LogP contribution in [0.1, 0.15) is 64.0 Å². The van der Waals surface area contributed by atoms with Crippen molar-refractivity contribution in [3.05, 3.63) is 42.7 Å². The van der Waals surface area contributed by atoms with Gasteiger partial charge in [-0.05, 0) is 31.4 Å². The van der Waals surface area contributed by atoms with Gasteiger partial charge in [-0.25, -0.2) is 4.98 Å². The fourth-order valence-electron chi connectivity index (χ4n) is 3.43. The van der Waals surface area contributed by atoms with Crippen molar-refractivity contribution in [2.24, 2.45) is 5.10 Å². The lowest BCUT2D eigenvalue weighted by atomic mass is 10.2. The summed E-state index contributed by atoms with van der Waals surface area (Å²) in [7, 11) is 0. The molecule has 0 atom stereocenters. The van der Waals surface area contributed by atoms with E-state index in [1.165, 1.54) is 57.1 Å². The molecule has 5 heteroatoms. The SMILES string of the molecule is CCCCCCn1cccc1C(=NN1CCCCCC1)n1ccnc1. The summed E-state index contributed by atoms with van der Waals surface area (Å²) in [6.45, 7) is 5.41. The number of hydrogen-bond donors (Lipinski definition) is 0. The number of aromatic nitrogens is 3. The smallest absolute Gasteiger partial charge is 0.181 e. The minimum Gasteiger partial charge on any atom is -0.345 e. The van der Waals surface area contributed by atoms with Gasteiger partial charge in [0.05, 0.1) is 5.69 Å². The summed E-state index contributed by atoms with van der Waals surface area (Å²) in [5, 5.41) is 7.28. The lowest BCUT2D eigenvalue weighted by Crippen LogP contribution is -2.25. The fourth-order valence-corrected chi connectivity index (χ4v) is 3.43. The lowest BCUT2D eigenvalue weighted by Gasteiger charge is -2.20. The Bertz CT molecular complexity index is 633. The predicted molar refractivity (Wildman–Crippen MR) is 103 cm³/mol. The van der Waals surface area contributed by atoms with Crippen LogP contribution in [0.15, 0.2) is 42.2 Å². The molecule has 0 bridgehead atoms. The third-order valence-corrected chi connectivity index (χ3v) is 4.88. The zero-order valence-electron chi connectivity index (χ0n) is 15.5. The molecule has 2 aromatic rings. The summed E-state index contributed by atoms with van der Waals surface area (Å²) in [6.07, 6.45) is 18.0. The molecule has 25 heavy (non-hydrogen) atoms. The molecule has 2 aromatic heterocycles. The van der Waals surface area contributed by atoms with Gasteiger partial charge in [0.15, 0.2) is 5.84 Å². The Labute approximate surface area is 151 Å². The Hall–Kier alpha value is -2.04. The zero-order valence-corrected chi connectivity index (χ0v) is 15.5. The van der Waals surface area contributed by atoms with Crippen molar-refractivity contribution in [3.63, 3.8) is 0 Å². The van der Waals surface area contributed by atoms with Crippen LogP contribution in [0.4, 0.5) is 0 Å². The molecule has 0 amide bonds. The highest BCUT2D eigenvalue weighted by atomic mass is 15.5. The topological polar surface area (TPSA) is 38.4 Å². The normalized spacial score (nSPS) is 16.2. The molecule has 3 rings (SSSR count). The Morgan fingerprint density at radius 2 is 1.92 bits per heavy atom. The van der Waals surface area contributed by atoms with Crippen molar-refractivity contribution >= 4 is 5.84 Å². The van der Waals surface area contributed by atoms with Crippen molar-refractivity contribution < 1.29 is 0 Å². The molecule has 0 unspecified atom stereocenters. The Morgan fingerprint density at radius 1 is 1.08 bits per heavy atom. The average Bonchev–Trinajstić information content (AvgIpc) is 3.25. The molecular weight excluding hydrogens is 310 g/mol. The monoisotopic (exact) mass is 341 g/mol. The first-order chi connectivity index (χ1) is 12.4. The molecule has 3 heterocycles. The van der Waals surface area contributed by atoms with Crippen molar-refractivity contribution in [1.82, 2.24) is 19.1 Å². The highest BCUT2D eigenvalue weighted by Crippen LogP contribution is 2.14. The van der Waals surface area contributed by atoms with E-state index in [0.29, 0.717) is 0 Å². The van der Waals surface area contributed by atoms with E-state index in [0.717, 1.165) is 25.5 Å². The number of hydrogen-bond acceptors (Lipinski definition) is 3. The van der Waals surface area contributed by atoms with Crippen LogP contribution in [0.3, 0.4) is 0 Å². The van der Waals surface area contributed by atoms with Gasteiger partial charge in [-0.1, -0.05) is 39.0 Å². The van der Waals surface area contributed by atoms with Gasteiger partial charge in [0.2, 0.25) is 0 Å². The number of unbranched alkanes of at least 4 members (excludes halogenated alkanes) is 3. The van der Waals surface area contributed by atoms with Crippen LogP contribution >= 0.6 is 0 Å². The van der Waals surface area contributed by atoms with Gasteiger partial charge in [-0.2, -0.15) is 5.10 Å². The molecular formula is C20H31N5. The first-order valence-electron chi connectivity index (χ1n) is 9.86. The number of imidazole rings is 1. The molecule has 136 valence electrons. The molecule has 1 saturated heterocycles. The van der Waals surface area contributed by atoms with Crippen molar-refractivity contribution in [2.45, 2.75) is 64.8 Å². The Kier molecular flexibility index (Phi) is 6.71. The standard InChI is InChI=1S/C20H31N5/c1-2-3-4-7-13-23-14-10-11-19(23)20(24-17-12-21-18-24)22-25-15-8-5-6-9-16-25/h10-12,14,17-18H,2-9,13,15-16H2,1H3. The summed E-state index contributed by atoms with van der Waals surface area (Å²) in [5.74, 6) is 0.986. The summed E-state index contributed by atoms with van der Waals surface area (Å²) in [5.41, 5.74) is 1.18. The summed E-state index contributed by atoms with van der Waals surface area (Å²) >= 11 is 0. The van der Waals surface area contributed by atoms with Gasteiger partial charge >= 0.3 is 0 Å². The van der Waals surface area contributed by atoms with E-state index in [1.807, 2.05) is 23.3 Å². The van der Waals surface area contributed by atoms with Gasteiger partial charge in [-0.15, -0.1) is 0 Å². The lowest BCUT2D eigenvalue weighted by molar-refractivity contribution is 0.299. The van der Waals surface area contributed by atoms with E-state index in [4.69, 9.17) is 5.10 Å². The van der Waals surface area contributed by atoms with Crippen molar-refractivity contribution in [2.75, 3.05) is 13.1 Å². The van der Waals surface area contributed by atoms with E-state index in [2.05, 4.69) is 39.8 Å². The summed E-state index contributed by atoms with van der Waals surface area (Å²) in [4.78, 5) is 4.24. The van der Waals surface area contributed by atoms with Gasteiger partial charge in [-0.3, -0.25) is 9.58 Å². The van der Waals surface area contributed by atoms with Crippen LogP contribution in [0.5, 0.6) is 0 Å². The van der Waals surface area contributed by atoms with Crippen LogP contribution in [0.2, 0.25) is 0 Å². The first kappa shape index (κ1) is 17.8. The fraction of sp³-hybridized carbons (Fsp3) is 0.600. The van der Waals surface area contributed by atoms with E-state index in [1.54, 1.807) is 0 Å². The van der Waals surface area contributed by atoms with Crippen molar-refractivity contribution in [1.29, 1.82) is 0 Å². The van der Waals surface area contributed by atoms with E-state index >= 15 is 0 Å². The zero-order chi connectivity index (χ0) is 17.3. The van der Waals surface area contributed by atoms with Crippen LogP contribution in [0, 0.1) is 0 Å². The number of rotatable bonds is 7.